The molecule has 2 rings (SSSR count). The van der Waals surface area contributed by atoms with Gasteiger partial charge in [0.15, 0.2) is 11.6 Å². The molecule has 0 amide bonds. The van der Waals surface area contributed by atoms with Gasteiger partial charge < -0.3 is 5.32 Å². The summed E-state index contributed by atoms with van der Waals surface area (Å²) in [5, 5.41) is 7.36. The van der Waals surface area contributed by atoms with Gasteiger partial charge in [-0.25, -0.2) is 14.1 Å². The standard InChI is InChI=1S/C13H17FN4/c1-4-15-8-11-5-6-16-13(12(11)14)18-10(3)7-9(2)17-18/h5-7,15H,4,8H2,1-3H3. The molecule has 0 spiro atoms. The van der Waals surface area contributed by atoms with Crippen molar-refractivity contribution < 1.29 is 4.39 Å². The predicted molar refractivity (Wildman–Crippen MR) is 68.2 cm³/mol. The molecule has 0 fully saturated rings. The van der Waals surface area contributed by atoms with Gasteiger partial charge in [-0.1, -0.05) is 6.92 Å². The van der Waals surface area contributed by atoms with Crippen LogP contribution in [0.4, 0.5) is 4.39 Å². The van der Waals surface area contributed by atoms with Gasteiger partial charge in [-0.05, 0) is 32.5 Å². The highest BCUT2D eigenvalue weighted by Gasteiger charge is 2.13. The van der Waals surface area contributed by atoms with Gasteiger partial charge in [0.1, 0.15) is 0 Å². The smallest absolute Gasteiger partial charge is 0.190 e. The Kier molecular flexibility index (Phi) is 3.72. The molecular weight excluding hydrogens is 231 g/mol. The lowest BCUT2D eigenvalue weighted by Gasteiger charge is -2.09. The van der Waals surface area contributed by atoms with Crippen LogP contribution in [0.1, 0.15) is 23.9 Å². The van der Waals surface area contributed by atoms with Gasteiger partial charge >= 0.3 is 0 Å². The van der Waals surface area contributed by atoms with Crippen LogP contribution in [-0.2, 0) is 6.54 Å². The topological polar surface area (TPSA) is 42.7 Å². The molecule has 0 aliphatic carbocycles. The van der Waals surface area contributed by atoms with Crippen molar-refractivity contribution in [3.8, 4) is 5.82 Å². The van der Waals surface area contributed by atoms with Crippen LogP contribution in [-0.4, -0.2) is 21.3 Å². The van der Waals surface area contributed by atoms with Gasteiger partial charge in [-0.2, -0.15) is 5.10 Å². The first kappa shape index (κ1) is 12.7. The van der Waals surface area contributed by atoms with Gasteiger partial charge in [-0.3, -0.25) is 0 Å². The van der Waals surface area contributed by atoms with Crippen molar-refractivity contribution in [2.45, 2.75) is 27.3 Å². The Bertz CT molecular complexity index is 548. The maximum atomic E-state index is 14.3. The maximum absolute atomic E-state index is 14.3. The summed E-state index contributed by atoms with van der Waals surface area (Å²) in [6, 6.07) is 3.59. The Morgan fingerprint density at radius 3 is 2.78 bits per heavy atom. The predicted octanol–water partition coefficient (Wildman–Crippen LogP) is 2.13. The second-order valence-corrected chi connectivity index (χ2v) is 4.23. The number of hydrogen-bond acceptors (Lipinski definition) is 3. The van der Waals surface area contributed by atoms with E-state index in [-0.39, 0.29) is 11.6 Å². The van der Waals surface area contributed by atoms with Crippen LogP contribution in [0, 0.1) is 19.7 Å². The van der Waals surface area contributed by atoms with Crippen molar-refractivity contribution >= 4 is 0 Å². The zero-order valence-electron chi connectivity index (χ0n) is 10.9. The molecule has 0 atom stereocenters. The summed E-state index contributed by atoms with van der Waals surface area (Å²) in [5.74, 6) is -0.0550. The molecule has 0 aliphatic heterocycles. The summed E-state index contributed by atoms with van der Waals surface area (Å²) in [5.41, 5.74) is 2.33. The summed E-state index contributed by atoms with van der Waals surface area (Å²) in [7, 11) is 0. The number of pyridine rings is 1. The molecule has 0 saturated carbocycles. The highest BCUT2D eigenvalue weighted by Crippen LogP contribution is 2.16. The van der Waals surface area contributed by atoms with Gasteiger partial charge in [0.05, 0.1) is 5.69 Å². The zero-order valence-corrected chi connectivity index (χ0v) is 10.9. The third kappa shape index (κ3) is 2.41. The molecule has 0 bridgehead atoms. The molecule has 5 heteroatoms. The first-order valence-electron chi connectivity index (χ1n) is 6.01. The fraction of sp³-hybridized carbons (Fsp3) is 0.385. The number of nitrogens with zero attached hydrogens (tertiary/aromatic N) is 3. The first-order chi connectivity index (χ1) is 8.63. The molecule has 0 saturated heterocycles. The third-order valence-electron chi connectivity index (χ3n) is 2.73. The Labute approximate surface area is 106 Å². The summed E-state index contributed by atoms with van der Waals surface area (Å²) in [6.45, 7) is 7.05. The van der Waals surface area contributed by atoms with Crippen LogP contribution in [0.15, 0.2) is 18.3 Å². The lowest BCUT2D eigenvalue weighted by atomic mass is 10.2. The van der Waals surface area contributed by atoms with Crippen LogP contribution in [0.2, 0.25) is 0 Å². The van der Waals surface area contributed by atoms with E-state index in [1.807, 2.05) is 26.8 Å². The van der Waals surface area contributed by atoms with Gasteiger partial charge in [-0.15, -0.1) is 0 Å². The van der Waals surface area contributed by atoms with E-state index in [1.165, 1.54) is 0 Å². The molecular formula is C13H17FN4. The van der Waals surface area contributed by atoms with E-state index >= 15 is 0 Å². The van der Waals surface area contributed by atoms with Crippen LogP contribution in [0.5, 0.6) is 0 Å². The van der Waals surface area contributed by atoms with Crippen molar-refractivity contribution in [2.75, 3.05) is 6.54 Å². The fourth-order valence-electron chi connectivity index (χ4n) is 1.86. The number of rotatable bonds is 4. The molecule has 0 aliphatic rings. The van der Waals surface area contributed by atoms with E-state index < -0.39 is 0 Å². The highest BCUT2D eigenvalue weighted by atomic mass is 19.1. The summed E-state index contributed by atoms with van der Waals surface area (Å²) in [4.78, 5) is 4.09. The van der Waals surface area contributed by atoms with E-state index in [9.17, 15) is 4.39 Å². The highest BCUT2D eigenvalue weighted by molar-refractivity contribution is 5.32. The van der Waals surface area contributed by atoms with Gasteiger partial charge in [0.25, 0.3) is 0 Å². The van der Waals surface area contributed by atoms with E-state index in [0.29, 0.717) is 12.1 Å². The fourth-order valence-corrected chi connectivity index (χ4v) is 1.86. The number of aryl methyl sites for hydroxylation is 2. The lowest BCUT2D eigenvalue weighted by Crippen LogP contribution is -2.15. The Balaban J connectivity index is 2.42. The maximum Gasteiger partial charge on any atom is 0.190 e. The minimum Gasteiger partial charge on any atom is -0.313 e. The second-order valence-electron chi connectivity index (χ2n) is 4.23. The van der Waals surface area contributed by atoms with Crippen molar-refractivity contribution in [1.29, 1.82) is 0 Å². The second kappa shape index (κ2) is 5.27. The van der Waals surface area contributed by atoms with Crippen molar-refractivity contribution in [1.82, 2.24) is 20.1 Å². The minimum absolute atomic E-state index is 0.260. The minimum atomic E-state index is -0.315. The molecule has 2 aromatic heterocycles. The zero-order chi connectivity index (χ0) is 13.1. The van der Waals surface area contributed by atoms with E-state index in [1.54, 1.807) is 16.9 Å². The number of hydrogen-bond donors (Lipinski definition) is 1. The number of halogens is 1. The van der Waals surface area contributed by atoms with Crippen molar-refractivity contribution in [2.24, 2.45) is 0 Å². The summed E-state index contributed by atoms with van der Waals surface area (Å²) in [6.07, 6.45) is 1.61. The summed E-state index contributed by atoms with van der Waals surface area (Å²) >= 11 is 0. The monoisotopic (exact) mass is 248 g/mol. The quantitative estimate of drug-likeness (QED) is 0.901. The number of aromatic nitrogens is 3. The van der Waals surface area contributed by atoms with Crippen molar-refractivity contribution in [3.05, 3.63) is 41.1 Å². The van der Waals surface area contributed by atoms with Crippen LogP contribution < -0.4 is 5.32 Å². The first-order valence-corrected chi connectivity index (χ1v) is 6.01. The molecule has 18 heavy (non-hydrogen) atoms. The molecule has 0 radical (unpaired) electrons. The van der Waals surface area contributed by atoms with Crippen LogP contribution >= 0.6 is 0 Å². The van der Waals surface area contributed by atoms with E-state index in [0.717, 1.165) is 17.9 Å². The van der Waals surface area contributed by atoms with Gasteiger partial charge in [0, 0.05) is 24.0 Å². The van der Waals surface area contributed by atoms with Gasteiger partial charge in [0.2, 0.25) is 0 Å². The molecule has 4 nitrogen and oxygen atoms in total. The van der Waals surface area contributed by atoms with Crippen LogP contribution in [0.3, 0.4) is 0 Å². The molecule has 2 heterocycles. The molecule has 2 aromatic rings. The Morgan fingerprint density at radius 1 is 1.39 bits per heavy atom. The Morgan fingerprint density at radius 2 is 2.17 bits per heavy atom. The largest absolute Gasteiger partial charge is 0.313 e. The van der Waals surface area contributed by atoms with E-state index in [4.69, 9.17) is 0 Å². The number of nitrogens with one attached hydrogen (secondary N) is 1. The molecule has 1 N–H and O–H groups in total. The average Bonchev–Trinajstić information content (AvgIpc) is 2.67. The summed E-state index contributed by atoms with van der Waals surface area (Å²) < 4.78 is 15.8. The normalized spacial score (nSPS) is 10.9. The van der Waals surface area contributed by atoms with Crippen molar-refractivity contribution in [3.63, 3.8) is 0 Å². The van der Waals surface area contributed by atoms with E-state index in [2.05, 4.69) is 15.4 Å². The average molecular weight is 248 g/mol. The molecule has 0 unspecified atom stereocenters. The molecule has 0 aromatic carbocycles. The third-order valence-corrected chi connectivity index (χ3v) is 2.73. The molecule has 96 valence electrons. The van der Waals surface area contributed by atoms with Crippen LogP contribution in [0.25, 0.3) is 5.82 Å². The SMILES string of the molecule is CCNCc1ccnc(-n2nc(C)cc2C)c1F. The Hall–Kier alpha value is -1.75. The lowest BCUT2D eigenvalue weighted by molar-refractivity contribution is 0.569.